The van der Waals surface area contributed by atoms with Crippen LogP contribution in [0.2, 0.25) is 0 Å². The van der Waals surface area contributed by atoms with Crippen molar-refractivity contribution in [3.8, 4) is 5.75 Å². The Bertz CT molecular complexity index is 460. The predicted octanol–water partition coefficient (Wildman–Crippen LogP) is 6.43. The van der Waals surface area contributed by atoms with E-state index < -0.39 is 0 Å². The Kier molecular flexibility index (Phi) is 8.60. The Hall–Kier alpha value is -0.980. The van der Waals surface area contributed by atoms with Crippen molar-refractivity contribution in [2.75, 3.05) is 0 Å². The third-order valence-electron chi connectivity index (χ3n) is 5.05. The highest BCUT2D eigenvalue weighted by Crippen LogP contribution is 2.35. The molecule has 1 rings (SSSR count). The monoisotopic (exact) mass is 304 g/mol. The second-order valence-corrected chi connectivity index (χ2v) is 6.66. The van der Waals surface area contributed by atoms with Crippen LogP contribution in [0.4, 0.5) is 0 Å². The van der Waals surface area contributed by atoms with Crippen molar-refractivity contribution in [2.45, 2.75) is 98.8 Å². The zero-order valence-electron chi connectivity index (χ0n) is 15.5. The van der Waals surface area contributed by atoms with Crippen molar-refractivity contribution in [3.05, 3.63) is 27.8 Å². The highest BCUT2D eigenvalue weighted by molar-refractivity contribution is 5.54. The largest absolute Gasteiger partial charge is 0.507 e. The minimum absolute atomic E-state index is 0.580. The van der Waals surface area contributed by atoms with Gasteiger partial charge < -0.3 is 5.11 Å². The molecule has 0 saturated heterocycles. The molecule has 0 saturated carbocycles. The van der Waals surface area contributed by atoms with Crippen LogP contribution in [0.1, 0.15) is 93.5 Å². The van der Waals surface area contributed by atoms with E-state index in [1.165, 1.54) is 67.2 Å². The summed E-state index contributed by atoms with van der Waals surface area (Å²) in [5, 5.41) is 10.7. The standard InChI is InChI=1S/C21H36O/c1-6-9-11-12-13-15-20-19(14-10-7-2)18(8-3)16(4)17(5)21(20)22/h22H,6-15H2,1-5H3. The molecule has 0 aliphatic rings. The van der Waals surface area contributed by atoms with E-state index in [9.17, 15) is 5.11 Å². The van der Waals surface area contributed by atoms with Crippen LogP contribution in [0.5, 0.6) is 5.75 Å². The van der Waals surface area contributed by atoms with E-state index in [1.807, 2.05) is 0 Å². The SMILES string of the molecule is CCCCCCCc1c(O)c(C)c(C)c(CC)c1CCCC. The minimum atomic E-state index is 0.580. The highest BCUT2D eigenvalue weighted by Gasteiger charge is 2.17. The lowest BCUT2D eigenvalue weighted by Gasteiger charge is -2.21. The fourth-order valence-corrected chi connectivity index (χ4v) is 3.49. The molecule has 0 spiro atoms. The van der Waals surface area contributed by atoms with Crippen LogP contribution in [-0.4, -0.2) is 5.11 Å². The number of phenolic OH excluding ortho intramolecular Hbond substituents is 1. The lowest BCUT2D eigenvalue weighted by Crippen LogP contribution is -2.06. The van der Waals surface area contributed by atoms with Gasteiger partial charge in [-0.3, -0.25) is 0 Å². The summed E-state index contributed by atoms with van der Waals surface area (Å²) in [5.41, 5.74) is 6.61. The third kappa shape index (κ3) is 4.76. The van der Waals surface area contributed by atoms with Crippen LogP contribution < -0.4 is 0 Å². The molecule has 0 fully saturated rings. The van der Waals surface area contributed by atoms with Gasteiger partial charge in [-0.05, 0) is 73.8 Å². The molecule has 0 aliphatic carbocycles. The van der Waals surface area contributed by atoms with E-state index in [1.54, 1.807) is 0 Å². The van der Waals surface area contributed by atoms with E-state index in [-0.39, 0.29) is 0 Å². The van der Waals surface area contributed by atoms with Gasteiger partial charge in [0.2, 0.25) is 0 Å². The van der Waals surface area contributed by atoms with Crippen LogP contribution in [0, 0.1) is 13.8 Å². The summed E-state index contributed by atoms with van der Waals surface area (Å²) < 4.78 is 0. The van der Waals surface area contributed by atoms with Gasteiger partial charge in [-0.15, -0.1) is 0 Å². The lowest BCUT2D eigenvalue weighted by atomic mass is 9.85. The van der Waals surface area contributed by atoms with Crippen LogP contribution in [0.25, 0.3) is 0 Å². The molecular weight excluding hydrogens is 268 g/mol. The highest BCUT2D eigenvalue weighted by atomic mass is 16.3. The molecular formula is C21H36O. The third-order valence-corrected chi connectivity index (χ3v) is 5.05. The molecule has 0 bridgehead atoms. The first-order valence-corrected chi connectivity index (χ1v) is 9.41. The van der Waals surface area contributed by atoms with Gasteiger partial charge in [-0.1, -0.05) is 52.9 Å². The average molecular weight is 305 g/mol. The van der Waals surface area contributed by atoms with Gasteiger partial charge in [0.1, 0.15) is 5.75 Å². The van der Waals surface area contributed by atoms with Crippen molar-refractivity contribution in [2.24, 2.45) is 0 Å². The lowest BCUT2D eigenvalue weighted by molar-refractivity contribution is 0.459. The van der Waals surface area contributed by atoms with Crippen molar-refractivity contribution < 1.29 is 5.11 Å². The van der Waals surface area contributed by atoms with Gasteiger partial charge in [0, 0.05) is 0 Å². The number of phenols is 1. The number of rotatable bonds is 10. The molecule has 0 aromatic heterocycles. The van der Waals surface area contributed by atoms with Gasteiger partial charge in [0.15, 0.2) is 0 Å². The van der Waals surface area contributed by atoms with E-state index >= 15 is 0 Å². The summed E-state index contributed by atoms with van der Waals surface area (Å²) in [7, 11) is 0. The Morgan fingerprint density at radius 1 is 0.636 bits per heavy atom. The van der Waals surface area contributed by atoms with E-state index in [0.29, 0.717) is 5.75 Å². The molecule has 0 amide bonds. The van der Waals surface area contributed by atoms with Crippen LogP contribution in [0.3, 0.4) is 0 Å². The Labute approximate surface area is 138 Å². The van der Waals surface area contributed by atoms with Crippen molar-refractivity contribution in [1.29, 1.82) is 0 Å². The fraction of sp³-hybridized carbons (Fsp3) is 0.714. The zero-order valence-corrected chi connectivity index (χ0v) is 15.5. The summed E-state index contributed by atoms with van der Waals surface area (Å²) in [6.45, 7) is 11.0. The Balaban J connectivity index is 3.02. The van der Waals surface area contributed by atoms with Gasteiger partial charge >= 0.3 is 0 Å². The molecule has 1 aromatic carbocycles. The number of hydrogen-bond donors (Lipinski definition) is 1. The van der Waals surface area contributed by atoms with Crippen LogP contribution in [-0.2, 0) is 19.3 Å². The molecule has 1 heteroatoms. The molecule has 22 heavy (non-hydrogen) atoms. The Morgan fingerprint density at radius 3 is 1.82 bits per heavy atom. The van der Waals surface area contributed by atoms with E-state index in [2.05, 4.69) is 34.6 Å². The summed E-state index contributed by atoms with van der Waals surface area (Å²) in [4.78, 5) is 0. The minimum Gasteiger partial charge on any atom is -0.507 e. The molecule has 0 aliphatic heterocycles. The Morgan fingerprint density at radius 2 is 1.23 bits per heavy atom. The summed E-state index contributed by atoms with van der Waals surface area (Å²) in [6, 6.07) is 0. The van der Waals surface area contributed by atoms with Gasteiger partial charge in [0.05, 0.1) is 0 Å². The van der Waals surface area contributed by atoms with Crippen LogP contribution in [0.15, 0.2) is 0 Å². The normalized spacial score (nSPS) is 11.1. The molecule has 1 N–H and O–H groups in total. The van der Waals surface area contributed by atoms with Crippen LogP contribution >= 0.6 is 0 Å². The fourth-order valence-electron chi connectivity index (χ4n) is 3.49. The maximum Gasteiger partial charge on any atom is 0.122 e. The average Bonchev–Trinajstić information content (AvgIpc) is 2.52. The molecule has 1 nitrogen and oxygen atoms in total. The quantitative estimate of drug-likeness (QED) is 0.494. The van der Waals surface area contributed by atoms with Crippen molar-refractivity contribution >= 4 is 0 Å². The second kappa shape index (κ2) is 9.92. The summed E-state index contributed by atoms with van der Waals surface area (Å²) >= 11 is 0. The maximum atomic E-state index is 10.7. The zero-order chi connectivity index (χ0) is 16.5. The molecule has 0 unspecified atom stereocenters. The molecule has 126 valence electrons. The molecule has 0 radical (unpaired) electrons. The molecule has 0 heterocycles. The maximum absolute atomic E-state index is 10.7. The first kappa shape index (κ1) is 19.1. The van der Waals surface area contributed by atoms with Gasteiger partial charge in [-0.25, -0.2) is 0 Å². The summed E-state index contributed by atoms with van der Waals surface area (Å²) in [6.07, 6.45) is 12.1. The first-order valence-electron chi connectivity index (χ1n) is 9.41. The number of hydrogen-bond acceptors (Lipinski definition) is 1. The van der Waals surface area contributed by atoms with Gasteiger partial charge in [0.25, 0.3) is 0 Å². The molecule has 1 aromatic rings. The van der Waals surface area contributed by atoms with Crippen molar-refractivity contribution in [1.82, 2.24) is 0 Å². The number of aromatic hydroxyl groups is 1. The molecule has 0 atom stereocenters. The van der Waals surface area contributed by atoms with E-state index in [0.717, 1.165) is 24.8 Å². The number of unbranched alkanes of at least 4 members (excludes halogenated alkanes) is 5. The first-order chi connectivity index (χ1) is 10.6. The predicted molar refractivity (Wildman–Crippen MR) is 98.0 cm³/mol. The van der Waals surface area contributed by atoms with Crippen molar-refractivity contribution in [3.63, 3.8) is 0 Å². The topological polar surface area (TPSA) is 20.2 Å². The summed E-state index contributed by atoms with van der Waals surface area (Å²) in [5.74, 6) is 0.580. The van der Waals surface area contributed by atoms with Gasteiger partial charge in [-0.2, -0.15) is 0 Å². The smallest absolute Gasteiger partial charge is 0.122 e. The number of benzene rings is 1. The van der Waals surface area contributed by atoms with E-state index in [4.69, 9.17) is 0 Å². The second-order valence-electron chi connectivity index (χ2n) is 6.66.